The summed E-state index contributed by atoms with van der Waals surface area (Å²) in [5.74, 6) is -0.881. The molecule has 9 rings (SSSR count). The molecule has 0 spiro atoms. The molecule has 4 saturated heterocycles. The Morgan fingerprint density at radius 3 is 2.93 bits per heavy atom. The highest BCUT2D eigenvalue weighted by Gasteiger charge is 2.50. The summed E-state index contributed by atoms with van der Waals surface area (Å²) in [5.41, 5.74) is -0.593. The van der Waals surface area contributed by atoms with Crippen LogP contribution in [0.5, 0.6) is 17.6 Å². The molecule has 4 aromatic rings. The van der Waals surface area contributed by atoms with Crippen LogP contribution in [0.25, 0.3) is 32.9 Å². The standard InChI is InChI=1S/C32H31F3N6O3/c33-17-11-32(7-2-8-40(32)12-17)15-44-31-38-28-25-29(39-31)41-13-18-5-6-22(36-18)23(41)14-43-30(25)37-27(26(28)35)20-10-19(42)9-16-3-1-4-21(34)24(16)20/h1,3-4,9-10,17-18,22-23,36,42H,2,5-8,11-15H2/t17-,18?,22?,23-,32+/m1/s1. The Kier molecular flexibility index (Phi) is 5.75. The van der Waals surface area contributed by atoms with E-state index in [1.54, 1.807) is 6.07 Å². The average Bonchev–Trinajstić information content (AvgIpc) is 3.64. The van der Waals surface area contributed by atoms with E-state index in [0.717, 1.165) is 32.2 Å². The van der Waals surface area contributed by atoms with Gasteiger partial charge in [0, 0.05) is 42.5 Å². The summed E-state index contributed by atoms with van der Waals surface area (Å²) in [4.78, 5) is 18.3. The maximum absolute atomic E-state index is 16.8. The zero-order valence-corrected chi connectivity index (χ0v) is 23.9. The summed E-state index contributed by atoms with van der Waals surface area (Å²) in [6.45, 7) is 2.34. The second kappa shape index (κ2) is 9.55. The Bertz CT molecular complexity index is 1840. The molecular formula is C32H31F3N6O3. The van der Waals surface area contributed by atoms with E-state index in [9.17, 15) is 9.50 Å². The van der Waals surface area contributed by atoms with Crippen molar-refractivity contribution < 1.29 is 27.8 Å². The van der Waals surface area contributed by atoms with Gasteiger partial charge in [-0.1, -0.05) is 12.1 Å². The molecule has 12 heteroatoms. The van der Waals surface area contributed by atoms with Gasteiger partial charge in [0.2, 0.25) is 5.88 Å². The van der Waals surface area contributed by atoms with Crippen molar-refractivity contribution in [3.05, 3.63) is 42.0 Å². The Morgan fingerprint density at radius 1 is 1.11 bits per heavy atom. The SMILES string of the molecule is Oc1cc(-c2nc3c4c(nc(OC[C@@]56CCCN5C[C@H](F)C6)nc4c2F)N2CC4CCC(N4)[C@H]2CO3)c2c(F)cccc2c1. The number of halogens is 3. The van der Waals surface area contributed by atoms with E-state index < -0.39 is 23.3 Å². The summed E-state index contributed by atoms with van der Waals surface area (Å²) in [5, 5.41) is 15.0. The number of ether oxygens (including phenoxy) is 2. The van der Waals surface area contributed by atoms with Gasteiger partial charge in [0.25, 0.3) is 0 Å². The number of anilines is 1. The van der Waals surface area contributed by atoms with Crippen LogP contribution in [-0.4, -0.2) is 87.6 Å². The molecule has 228 valence electrons. The van der Waals surface area contributed by atoms with Gasteiger partial charge in [-0.15, -0.1) is 0 Å². The number of rotatable bonds is 4. The third-order valence-electron chi connectivity index (χ3n) is 10.3. The van der Waals surface area contributed by atoms with Gasteiger partial charge in [-0.25, -0.2) is 18.2 Å². The summed E-state index contributed by atoms with van der Waals surface area (Å²) in [7, 11) is 0. The van der Waals surface area contributed by atoms with E-state index in [1.807, 2.05) is 0 Å². The molecule has 0 aliphatic carbocycles. The van der Waals surface area contributed by atoms with Crippen molar-refractivity contribution in [2.75, 3.05) is 37.7 Å². The molecule has 4 fully saturated rings. The van der Waals surface area contributed by atoms with Crippen LogP contribution in [0, 0.1) is 11.6 Å². The van der Waals surface area contributed by atoms with Crippen LogP contribution < -0.4 is 19.7 Å². The lowest BCUT2D eigenvalue weighted by Crippen LogP contribution is -2.60. The first-order valence-corrected chi connectivity index (χ1v) is 15.4. The fourth-order valence-corrected chi connectivity index (χ4v) is 8.36. The number of phenols is 1. The van der Waals surface area contributed by atoms with Crippen molar-refractivity contribution in [1.82, 2.24) is 25.2 Å². The number of nitrogens with zero attached hydrogens (tertiary/aromatic N) is 5. The molecule has 9 nitrogen and oxygen atoms in total. The summed E-state index contributed by atoms with van der Waals surface area (Å²) in [6, 6.07) is 7.54. The van der Waals surface area contributed by atoms with E-state index in [0.29, 0.717) is 36.1 Å². The number of aromatic hydroxyl groups is 1. The lowest BCUT2D eigenvalue weighted by Gasteiger charge is -2.40. The maximum atomic E-state index is 16.8. The van der Waals surface area contributed by atoms with Crippen LogP contribution in [0.2, 0.25) is 0 Å². The number of piperazine rings is 1. The highest BCUT2D eigenvalue weighted by atomic mass is 19.1. The first-order valence-electron chi connectivity index (χ1n) is 15.4. The van der Waals surface area contributed by atoms with E-state index in [-0.39, 0.29) is 71.1 Å². The molecule has 2 aromatic carbocycles. The van der Waals surface area contributed by atoms with Crippen LogP contribution in [0.3, 0.4) is 0 Å². The lowest BCUT2D eigenvalue weighted by atomic mass is 9.95. The maximum Gasteiger partial charge on any atom is 0.319 e. The highest BCUT2D eigenvalue weighted by Crippen LogP contribution is 2.45. The number of fused-ring (bicyclic) bond motifs is 7. The van der Waals surface area contributed by atoms with Crippen LogP contribution in [0.4, 0.5) is 19.0 Å². The number of aromatic nitrogens is 3. The molecule has 0 saturated carbocycles. The average molecular weight is 605 g/mol. The van der Waals surface area contributed by atoms with Gasteiger partial charge in [0.05, 0.1) is 11.6 Å². The number of hydrogen-bond donors (Lipinski definition) is 2. The van der Waals surface area contributed by atoms with Gasteiger partial charge in [0.1, 0.15) is 53.4 Å². The molecule has 2 aromatic heterocycles. The highest BCUT2D eigenvalue weighted by molar-refractivity contribution is 6.02. The fraction of sp³-hybridized carbons (Fsp3) is 0.469. The number of phenolic OH excluding ortho intramolecular Hbond substituents is 1. The summed E-state index contributed by atoms with van der Waals surface area (Å²) < 4.78 is 59.1. The van der Waals surface area contributed by atoms with Crippen LogP contribution in [0.15, 0.2) is 30.3 Å². The topological polar surface area (TPSA) is 95.9 Å². The molecule has 5 aliphatic rings. The van der Waals surface area contributed by atoms with Gasteiger partial charge >= 0.3 is 6.01 Å². The number of hydrogen-bond acceptors (Lipinski definition) is 9. The van der Waals surface area contributed by atoms with Gasteiger partial charge in [-0.2, -0.15) is 9.97 Å². The molecule has 2 N–H and O–H groups in total. The molecule has 7 heterocycles. The van der Waals surface area contributed by atoms with Gasteiger partial charge in [-0.3, -0.25) is 4.90 Å². The van der Waals surface area contributed by atoms with Gasteiger partial charge in [0.15, 0.2) is 5.82 Å². The minimum absolute atomic E-state index is 0.00323. The Hall–Kier alpha value is -3.90. The van der Waals surface area contributed by atoms with Crippen molar-refractivity contribution >= 4 is 27.5 Å². The zero-order chi connectivity index (χ0) is 29.7. The predicted molar refractivity (Wildman–Crippen MR) is 157 cm³/mol. The van der Waals surface area contributed by atoms with Gasteiger partial charge in [-0.05, 0) is 55.8 Å². The molecule has 0 radical (unpaired) electrons. The fourth-order valence-electron chi connectivity index (χ4n) is 8.36. The first kappa shape index (κ1) is 26.5. The van der Waals surface area contributed by atoms with Crippen LogP contribution >= 0.6 is 0 Å². The van der Waals surface area contributed by atoms with E-state index in [2.05, 4.69) is 25.1 Å². The Labute approximate surface area is 251 Å². The molecule has 0 amide bonds. The van der Waals surface area contributed by atoms with E-state index in [4.69, 9.17) is 14.5 Å². The zero-order valence-electron chi connectivity index (χ0n) is 23.9. The van der Waals surface area contributed by atoms with Crippen molar-refractivity contribution in [2.45, 2.75) is 61.9 Å². The minimum Gasteiger partial charge on any atom is -0.508 e. The molecule has 44 heavy (non-hydrogen) atoms. The Balaban J connectivity index is 1.23. The molecule has 5 aliphatic heterocycles. The third-order valence-corrected chi connectivity index (χ3v) is 10.3. The van der Waals surface area contributed by atoms with Crippen molar-refractivity contribution in [3.8, 4) is 28.9 Å². The summed E-state index contributed by atoms with van der Waals surface area (Å²) in [6.07, 6.45) is 3.24. The van der Waals surface area contributed by atoms with Crippen LogP contribution in [-0.2, 0) is 0 Å². The van der Waals surface area contributed by atoms with E-state index in [1.165, 1.54) is 24.3 Å². The lowest BCUT2D eigenvalue weighted by molar-refractivity contribution is 0.107. The monoisotopic (exact) mass is 604 g/mol. The van der Waals surface area contributed by atoms with Crippen molar-refractivity contribution in [2.24, 2.45) is 0 Å². The largest absolute Gasteiger partial charge is 0.508 e. The second-order valence-corrected chi connectivity index (χ2v) is 12.9. The first-order chi connectivity index (χ1) is 21.4. The number of pyridine rings is 1. The van der Waals surface area contributed by atoms with Crippen molar-refractivity contribution in [1.29, 1.82) is 0 Å². The van der Waals surface area contributed by atoms with Crippen LogP contribution in [0.1, 0.15) is 32.1 Å². The van der Waals surface area contributed by atoms with E-state index >= 15 is 8.78 Å². The molecule has 2 unspecified atom stereocenters. The number of benzene rings is 2. The predicted octanol–water partition coefficient (Wildman–Crippen LogP) is 4.49. The minimum atomic E-state index is -0.915. The van der Waals surface area contributed by atoms with Gasteiger partial charge < -0.3 is 24.8 Å². The molecular weight excluding hydrogens is 573 g/mol. The third kappa shape index (κ3) is 3.89. The smallest absolute Gasteiger partial charge is 0.319 e. The second-order valence-electron chi connectivity index (χ2n) is 12.9. The Morgan fingerprint density at radius 2 is 2.02 bits per heavy atom. The quantitative estimate of drug-likeness (QED) is 0.350. The number of nitrogens with one attached hydrogen (secondary N) is 1. The molecule has 5 atom stereocenters. The normalized spacial score (nSPS) is 29.1. The van der Waals surface area contributed by atoms with Crippen molar-refractivity contribution in [3.63, 3.8) is 0 Å². The molecule has 2 bridgehead atoms. The summed E-state index contributed by atoms with van der Waals surface area (Å²) >= 11 is 0. The number of alkyl halides is 1.